The molecular formula is C16H19NO2. The Bertz CT molecular complexity index is 546. The minimum atomic E-state index is -0.214. The molecule has 0 unspecified atom stereocenters. The molecule has 100 valence electrons. The van der Waals surface area contributed by atoms with Gasteiger partial charge in [-0.3, -0.25) is 4.79 Å². The molecule has 1 N–H and O–H groups in total. The number of ether oxygens (including phenoxy) is 1. The molecular weight excluding hydrogens is 238 g/mol. The first-order chi connectivity index (χ1) is 9.27. The summed E-state index contributed by atoms with van der Waals surface area (Å²) < 4.78 is 4.89. The van der Waals surface area contributed by atoms with E-state index in [4.69, 9.17) is 4.74 Å². The van der Waals surface area contributed by atoms with E-state index in [0.717, 1.165) is 19.5 Å². The van der Waals surface area contributed by atoms with E-state index in [-0.39, 0.29) is 5.97 Å². The normalized spacial score (nSPS) is 10.6. The molecule has 0 aliphatic carbocycles. The maximum absolute atomic E-state index is 10.6. The highest BCUT2D eigenvalue weighted by Gasteiger charge is 1.99. The van der Waals surface area contributed by atoms with Gasteiger partial charge in [-0.15, -0.1) is 0 Å². The quantitative estimate of drug-likeness (QED) is 0.639. The molecule has 0 atom stereocenters. The van der Waals surface area contributed by atoms with E-state index in [1.807, 2.05) is 0 Å². The Balaban J connectivity index is 1.83. The van der Waals surface area contributed by atoms with Crippen molar-refractivity contribution in [3.8, 4) is 0 Å². The van der Waals surface area contributed by atoms with Crippen molar-refractivity contribution in [1.29, 1.82) is 0 Å². The fourth-order valence-corrected chi connectivity index (χ4v) is 2.08. The molecule has 0 aromatic heterocycles. The maximum Gasteiger partial charge on any atom is 0.302 e. The highest BCUT2D eigenvalue weighted by atomic mass is 16.5. The third kappa shape index (κ3) is 4.07. The van der Waals surface area contributed by atoms with Crippen molar-refractivity contribution in [2.24, 2.45) is 0 Å². The van der Waals surface area contributed by atoms with Gasteiger partial charge in [-0.2, -0.15) is 0 Å². The maximum atomic E-state index is 10.6. The van der Waals surface area contributed by atoms with E-state index in [0.29, 0.717) is 6.61 Å². The molecule has 0 amide bonds. The molecule has 0 saturated heterocycles. The first-order valence-electron chi connectivity index (χ1n) is 6.58. The number of carbonyl (C=O) groups is 1. The van der Waals surface area contributed by atoms with Crippen LogP contribution in [0.2, 0.25) is 0 Å². The van der Waals surface area contributed by atoms with Gasteiger partial charge < -0.3 is 10.1 Å². The van der Waals surface area contributed by atoms with Gasteiger partial charge in [0.05, 0.1) is 6.61 Å². The third-order valence-electron chi connectivity index (χ3n) is 3.00. The van der Waals surface area contributed by atoms with Crippen molar-refractivity contribution in [2.75, 3.05) is 13.2 Å². The van der Waals surface area contributed by atoms with Crippen molar-refractivity contribution < 1.29 is 9.53 Å². The second kappa shape index (κ2) is 6.90. The second-order valence-electron chi connectivity index (χ2n) is 4.51. The van der Waals surface area contributed by atoms with Gasteiger partial charge in [-0.1, -0.05) is 42.5 Å². The molecule has 3 heteroatoms. The predicted molar refractivity (Wildman–Crippen MR) is 76.9 cm³/mol. The summed E-state index contributed by atoms with van der Waals surface area (Å²) in [7, 11) is 0. The molecule has 0 aliphatic heterocycles. The van der Waals surface area contributed by atoms with Crippen molar-refractivity contribution in [2.45, 2.75) is 19.9 Å². The average molecular weight is 257 g/mol. The van der Waals surface area contributed by atoms with Crippen LogP contribution in [-0.4, -0.2) is 19.1 Å². The highest BCUT2D eigenvalue weighted by molar-refractivity contribution is 5.85. The van der Waals surface area contributed by atoms with Crippen LogP contribution in [-0.2, 0) is 16.1 Å². The number of rotatable bonds is 6. The summed E-state index contributed by atoms with van der Waals surface area (Å²) in [5.74, 6) is -0.214. The van der Waals surface area contributed by atoms with Crippen LogP contribution < -0.4 is 5.32 Å². The third-order valence-corrected chi connectivity index (χ3v) is 3.00. The Morgan fingerprint density at radius 3 is 2.79 bits per heavy atom. The lowest BCUT2D eigenvalue weighted by molar-refractivity contribution is -0.141. The van der Waals surface area contributed by atoms with Crippen molar-refractivity contribution in [3.05, 3.63) is 48.0 Å². The van der Waals surface area contributed by atoms with Gasteiger partial charge in [0.25, 0.3) is 0 Å². The van der Waals surface area contributed by atoms with Gasteiger partial charge in [-0.25, -0.2) is 0 Å². The van der Waals surface area contributed by atoms with Crippen LogP contribution in [0.15, 0.2) is 42.5 Å². The minimum Gasteiger partial charge on any atom is -0.466 e. The molecule has 2 aromatic rings. The zero-order valence-electron chi connectivity index (χ0n) is 11.2. The monoisotopic (exact) mass is 257 g/mol. The summed E-state index contributed by atoms with van der Waals surface area (Å²) in [6.07, 6.45) is 0.838. The summed E-state index contributed by atoms with van der Waals surface area (Å²) in [4.78, 5) is 10.6. The second-order valence-corrected chi connectivity index (χ2v) is 4.51. The molecule has 19 heavy (non-hydrogen) atoms. The zero-order valence-corrected chi connectivity index (χ0v) is 11.2. The van der Waals surface area contributed by atoms with Crippen LogP contribution in [0.4, 0.5) is 0 Å². The van der Waals surface area contributed by atoms with Crippen molar-refractivity contribution in [3.63, 3.8) is 0 Å². The number of nitrogens with one attached hydrogen (secondary N) is 1. The first kappa shape index (κ1) is 13.6. The molecule has 0 heterocycles. The SMILES string of the molecule is CC(=O)OCCCNCc1cccc2ccccc12. The number of benzene rings is 2. The molecule has 0 fully saturated rings. The molecule has 0 bridgehead atoms. The van der Waals surface area contributed by atoms with Gasteiger partial charge in [-0.05, 0) is 29.3 Å². The van der Waals surface area contributed by atoms with Gasteiger partial charge >= 0.3 is 5.97 Å². The Hall–Kier alpha value is -1.87. The van der Waals surface area contributed by atoms with E-state index in [1.165, 1.54) is 23.3 Å². The number of esters is 1. The van der Waals surface area contributed by atoms with Crippen LogP contribution in [0.3, 0.4) is 0 Å². The van der Waals surface area contributed by atoms with Crippen molar-refractivity contribution >= 4 is 16.7 Å². The lowest BCUT2D eigenvalue weighted by Crippen LogP contribution is -2.17. The fourth-order valence-electron chi connectivity index (χ4n) is 2.08. The lowest BCUT2D eigenvalue weighted by atomic mass is 10.0. The van der Waals surface area contributed by atoms with Crippen LogP contribution in [0.1, 0.15) is 18.9 Å². The van der Waals surface area contributed by atoms with Crippen LogP contribution in [0, 0.1) is 0 Å². The standard InChI is InChI=1S/C16H19NO2/c1-13(18)19-11-5-10-17-12-15-8-4-7-14-6-2-3-9-16(14)15/h2-4,6-9,17H,5,10-12H2,1H3. The topological polar surface area (TPSA) is 38.3 Å². The van der Waals surface area contributed by atoms with E-state index in [9.17, 15) is 4.79 Å². The smallest absolute Gasteiger partial charge is 0.302 e. The minimum absolute atomic E-state index is 0.214. The number of hydrogen-bond donors (Lipinski definition) is 1. The Morgan fingerprint density at radius 2 is 1.95 bits per heavy atom. The summed E-state index contributed by atoms with van der Waals surface area (Å²) in [6.45, 7) is 3.60. The van der Waals surface area contributed by atoms with Crippen LogP contribution in [0.5, 0.6) is 0 Å². The van der Waals surface area contributed by atoms with E-state index in [1.54, 1.807) is 0 Å². The highest BCUT2D eigenvalue weighted by Crippen LogP contribution is 2.18. The number of fused-ring (bicyclic) bond motifs is 1. The predicted octanol–water partition coefficient (Wildman–Crippen LogP) is 2.88. The Labute approximate surface area is 113 Å². The van der Waals surface area contributed by atoms with Gasteiger partial charge in [0.15, 0.2) is 0 Å². The molecule has 0 aliphatic rings. The van der Waals surface area contributed by atoms with Crippen molar-refractivity contribution in [1.82, 2.24) is 5.32 Å². The molecule has 0 spiro atoms. The van der Waals surface area contributed by atoms with Crippen LogP contribution in [0.25, 0.3) is 10.8 Å². The van der Waals surface area contributed by atoms with Gasteiger partial charge in [0.2, 0.25) is 0 Å². The zero-order chi connectivity index (χ0) is 13.5. The van der Waals surface area contributed by atoms with Gasteiger partial charge in [0.1, 0.15) is 0 Å². The van der Waals surface area contributed by atoms with Gasteiger partial charge in [0, 0.05) is 13.5 Å². The summed E-state index contributed by atoms with van der Waals surface area (Å²) >= 11 is 0. The van der Waals surface area contributed by atoms with E-state index >= 15 is 0 Å². The molecule has 0 saturated carbocycles. The lowest BCUT2D eigenvalue weighted by Gasteiger charge is -2.08. The average Bonchev–Trinajstić information content (AvgIpc) is 2.42. The summed E-state index contributed by atoms with van der Waals surface area (Å²) in [6, 6.07) is 14.7. The largest absolute Gasteiger partial charge is 0.466 e. The summed E-state index contributed by atoms with van der Waals surface area (Å²) in [5.41, 5.74) is 1.30. The van der Waals surface area contributed by atoms with E-state index in [2.05, 4.69) is 47.8 Å². The fraction of sp³-hybridized carbons (Fsp3) is 0.312. The number of carbonyl (C=O) groups excluding carboxylic acids is 1. The molecule has 2 rings (SSSR count). The Morgan fingerprint density at radius 1 is 1.16 bits per heavy atom. The number of hydrogen-bond acceptors (Lipinski definition) is 3. The summed E-state index contributed by atoms with van der Waals surface area (Å²) in [5, 5.41) is 5.93. The molecule has 2 aromatic carbocycles. The first-order valence-corrected chi connectivity index (χ1v) is 6.58. The van der Waals surface area contributed by atoms with E-state index < -0.39 is 0 Å². The van der Waals surface area contributed by atoms with Crippen LogP contribution >= 0.6 is 0 Å². The Kier molecular flexibility index (Phi) is 4.93. The molecule has 0 radical (unpaired) electrons. The molecule has 3 nitrogen and oxygen atoms in total.